The lowest BCUT2D eigenvalue weighted by Crippen LogP contribution is -2.32. The summed E-state index contributed by atoms with van der Waals surface area (Å²) < 4.78 is 5.17. The first-order chi connectivity index (χ1) is 8.77. The number of aromatic nitrogens is 2. The van der Waals surface area contributed by atoms with Crippen molar-refractivity contribution >= 4 is 5.82 Å². The average Bonchev–Trinajstić information content (AvgIpc) is 2.84. The van der Waals surface area contributed by atoms with E-state index in [1.165, 1.54) is 13.4 Å². The number of hydrogen-bond donors (Lipinski definition) is 2. The molecule has 0 bridgehead atoms. The van der Waals surface area contributed by atoms with E-state index in [0.717, 1.165) is 32.2 Å². The maximum atomic E-state index is 11.7. The van der Waals surface area contributed by atoms with Crippen molar-refractivity contribution in [3.05, 3.63) is 16.7 Å². The van der Waals surface area contributed by atoms with Crippen LogP contribution in [0.25, 0.3) is 0 Å². The van der Waals surface area contributed by atoms with Crippen LogP contribution in [0.5, 0.6) is 5.75 Å². The third kappa shape index (κ3) is 2.48. The number of nitrogens with one attached hydrogen (secondary N) is 1. The van der Waals surface area contributed by atoms with Crippen molar-refractivity contribution in [1.29, 1.82) is 0 Å². The van der Waals surface area contributed by atoms with Crippen molar-refractivity contribution in [2.24, 2.45) is 5.73 Å². The van der Waals surface area contributed by atoms with Crippen LogP contribution in [-0.4, -0.2) is 36.2 Å². The van der Waals surface area contributed by atoms with E-state index in [2.05, 4.69) is 14.9 Å². The van der Waals surface area contributed by atoms with Crippen LogP contribution in [0.3, 0.4) is 0 Å². The first-order valence-electron chi connectivity index (χ1n) is 6.36. The highest BCUT2D eigenvalue weighted by atomic mass is 16.5. The van der Waals surface area contributed by atoms with Crippen LogP contribution in [0, 0.1) is 0 Å². The molecule has 3 N–H and O–H groups in total. The van der Waals surface area contributed by atoms with Crippen molar-refractivity contribution in [2.75, 3.05) is 25.1 Å². The molecule has 1 saturated heterocycles. The van der Waals surface area contributed by atoms with Crippen molar-refractivity contribution in [3.63, 3.8) is 0 Å². The Morgan fingerprint density at radius 1 is 1.67 bits per heavy atom. The van der Waals surface area contributed by atoms with Gasteiger partial charge in [0.25, 0.3) is 5.56 Å². The number of methoxy groups -OCH3 is 1. The van der Waals surface area contributed by atoms with Gasteiger partial charge < -0.3 is 20.4 Å². The Bertz CT molecular complexity index is 446. The molecular formula is C12H20N4O2. The highest BCUT2D eigenvalue weighted by Gasteiger charge is 2.28. The van der Waals surface area contributed by atoms with E-state index >= 15 is 0 Å². The summed E-state index contributed by atoms with van der Waals surface area (Å²) >= 11 is 0. The summed E-state index contributed by atoms with van der Waals surface area (Å²) in [6.07, 6.45) is 5.70. The minimum Gasteiger partial charge on any atom is -0.489 e. The Morgan fingerprint density at radius 3 is 3.22 bits per heavy atom. The third-order valence-corrected chi connectivity index (χ3v) is 3.39. The van der Waals surface area contributed by atoms with Gasteiger partial charge in [-0.1, -0.05) is 0 Å². The first kappa shape index (κ1) is 12.9. The molecule has 6 heteroatoms. The number of nitrogens with zero attached hydrogens (tertiary/aromatic N) is 2. The van der Waals surface area contributed by atoms with E-state index in [0.29, 0.717) is 24.2 Å². The summed E-state index contributed by atoms with van der Waals surface area (Å²) in [5.41, 5.74) is 5.33. The lowest BCUT2D eigenvalue weighted by Gasteiger charge is -2.26. The number of nitrogens with two attached hydrogens (primary N) is 1. The minimum absolute atomic E-state index is 0.230. The normalized spacial score (nSPS) is 19.2. The van der Waals surface area contributed by atoms with Gasteiger partial charge in [-0.05, 0) is 32.2 Å². The monoisotopic (exact) mass is 252 g/mol. The number of H-pyrrole nitrogens is 1. The fourth-order valence-corrected chi connectivity index (χ4v) is 2.53. The van der Waals surface area contributed by atoms with Gasteiger partial charge in [-0.3, -0.25) is 4.79 Å². The Hall–Kier alpha value is -1.56. The van der Waals surface area contributed by atoms with E-state index in [4.69, 9.17) is 10.5 Å². The molecule has 18 heavy (non-hydrogen) atoms. The van der Waals surface area contributed by atoms with E-state index in [-0.39, 0.29) is 5.56 Å². The lowest BCUT2D eigenvalue weighted by atomic mass is 10.1. The standard InChI is InChI=1S/C12H20N4O2/c1-18-10-11(14-8-15-12(10)17)16-7-3-5-9(16)4-2-6-13/h8-9H,2-7,13H2,1H3,(H,14,15,17). The molecule has 2 heterocycles. The number of hydrogen-bond acceptors (Lipinski definition) is 5. The average molecular weight is 252 g/mol. The molecule has 0 aliphatic carbocycles. The molecule has 0 spiro atoms. The van der Waals surface area contributed by atoms with E-state index in [1.807, 2.05) is 0 Å². The van der Waals surface area contributed by atoms with E-state index in [9.17, 15) is 4.79 Å². The quantitative estimate of drug-likeness (QED) is 0.796. The van der Waals surface area contributed by atoms with Gasteiger partial charge in [0.2, 0.25) is 5.75 Å². The van der Waals surface area contributed by atoms with Crippen LogP contribution in [0.15, 0.2) is 11.1 Å². The molecule has 1 atom stereocenters. The molecule has 0 aromatic carbocycles. The number of anilines is 1. The fourth-order valence-electron chi connectivity index (χ4n) is 2.53. The zero-order chi connectivity index (χ0) is 13.0. The summed E-state index contributed by atoms with van der Waals surface area (Å²) in [6.45, 7) is 1.62. The van der Waals surface area contributed by atoms with Crippen LogP contribution >= 0.6 is 0 Å². The van der Waals surface area contributed by atoms with Crippen molar-refractivity contribution in [2.45, 2.75) is 31.7 Å². The van der Waals surface area contributed by atoms with Crippen molar-refractivity contribution < 1.29 is 4.74 Å². The van der Waals surface area contributed by atoms with Gasteiger partial charge in [0.1, 0.15) is 0 Å². The molecule has 1 aliphatic rings. The molecule has 6 nitrogen and oxygen atoms in total. The molecular weight excluding hydrogens is 232 g/mol. The summed E-state index contributed by atoms with van der Waals surface area (Å²) in [4.78, 5) is 20.7. The zero-order valence-electron chi connectivity index (χ0n) is 10.7. The molecule has 0 radical (unpaired) electrons. The van der Waals surface area contributed by atoms with Gasteiger partial charge in [-0.25, -0.2) is 4.98 Å². The Morgan fingerprint density at radius 2 is 2.50 bits per heavy atom. The third-order valence-electron chi connectivity index (χ3n) is 3.39. The predicted octanol–water partition coefficient (Wildman–Crippen LogP) is 0.486. The van der Waals surface area contributed by atoms with Crippen LogP contribution in [-0.2, 0) is 0 Å². The summed E-state index contributed by atoms with van der Waals surface area (Å²) in [6, 6.07) is 0.414. The van der Waals surface area contributed by atoms with Gasteiger partial charge >= 0.3 is 0 Å². The second-order valence-corrected chi connectivity index (χ2v) is 4.51. The maximum absolute atomic E-state index is 11.7. The highest BCUT2D eigenvalue weighted by Crippen LogP contribution is 2.30. The summed E-state index contributed by atoms with van der Waals surface area (Å²) in [5, 5.41) is 0. The van der Waals surface area contributed by atoms with Crippen molar-refractivity contribution in [3.8, 4) is 5.75 Å². The first-order valence-corrected chi connectivity index (χ1v) is 6.36. The van der Waals surface area contributed by atoms with Gasteiger partial charge in [-0.2, -0.15) is 0 Å². The Labute approximate surface area is 106 Å². The fraction of sp³-hybridized carbons (Fsp3) is 0.667. The Kier molecular flexibility index (Phi) is 4.19. The number of aromatic amines is 1. The maximum Gasteiger partial charge on any atom is 0.295 e. The second kappa shape index (κ2) is 5.86. The van der Waals surface area contributed by atoms with E-state index in [1.54, 1.807) is 0 Å². The molecule has 1 aromatic rings. The molecule has 0 saturated carbocycles. The molecule has 1 fully saturated rings. The smallest absolute Gasteiger partial charge is 0.295 e. The lowest BCUT2D eigenvalue weighted by molar-refractivity contribution is 0.404. The highest BCUT2D eigenvalue weighted by molar-refractivity contribution is 5.52. The number of rotatable bonds is 5. The Balaban J connectivity index is 2.24. The van der Waals surface area contributed by atoms with Crippen molar-refractivity contribution in [1.82, 2.24) is 9.97 Å². The van der Waals surface area contributed by atoms with E-state index < -0.39 is 0 Å². The molecule has 100 valence electrons. The van der Waals surface area contributed by atoms with Crippen LogP contribution < -0.4 is 20.9 Å². The topological polar surface area (TPSA) is 84.2 Å². The number of ether oxygens (including phenoxy) is 1. The van der Waals surface area contributed by atoms with Gasteiger partial charge in [-0.15, -0.1) is 0 Å². The summed E-state index contributed by atoms with van der Waals surface area (Å²) in [7, 11) is 1.50. The second-order valence-electron chi connectivity index (χ2n) is 4.51. The van der Waals surface area contributed by atoms with Gasteiger partial charge in [0, 0.05) is 12.6 Å². The largest absolute Gasteiger partial charge is 0.489 e. The van der Waals surface area contributed by atoms with Gasteiger partial charge in [0.05, 0.1) is 13.4 Å². The molecule has 2 rings (SSSR count). The van der Waals surface area contributed by atoms with Crippen LogP contribution in [0.2, 0.25) is 0 Å². The SMILES string of the molecule is COc1c(N2CCCC2CCCN)nc[nH]c1=O. The molecule has 1 unspecified atom stereocenters. The minimum atomic E-state index is -0.230. The predicted molar refractivity (Wildman–Crippen MR) is 70.1 cm³/mol. The molecule has 0 amide bonds. The van der Waals surface area contributed by atoms with Gasteiger partial charge in [0.15, 0.2) is 5.82 Å². The molecule has 1 aliphatic heterocycles. The summed E-state index contributed by atoms with van der Waals surface area (Å²) in [5.74, 6) is 0.956. The molecule has 1 aromatic heterocycles. The van der Waals surface area contributed by atoms with Crippen LogP contribution in [0.1, 0.15) is 25.7 Å². The van der Waals surface area contributed by atoms with Crippen LogP contribution in [0.4, 0.5) is 5.82 Å². The zero-order valence-corrected chi connectivity index (χ0v) is 10.7.